The van der Waals surface area contributed by atoms with Gasteiger partial charge in [0.25, 0.3) is 0 Å². The Kier molecular flexibility index (Phi) is 6.18. The first-order valence-electron chi connectivity index (χ1n) is 5.96. The van der Waals surface area contributed by atoms with Crippen molar-refractivity contribution in [2.24, 2.45) is 11.7 Å². The predicted molar refractivity (Wildman–Crippen MR) is 78.4 cm³/mol. The van der Waals surface area contributed by atoms with Crippen molar-refractivity contribution in [2.75, 3.05) is 0 Å². The van der Waals surface area contributed by atoms with E-state index in [1.54, 1.807) is 6.07 Å². The monoisotopic (exact) mass is 302 g/mol. The first kappa shape index (κ1) is 15.9. The topological polar surface area (TPSA) is 55.1 Å². The molecule has 0 aromatic heterocycles. The molecule has 0 aliphatic rings. The third kappa shape index (κ3) is 4.76. The van der Waals surface area contributed by atoms with Crippen LogP contribution in [0.15, 0.2) is 18.2 Å². The Hall–Kier alpha value is -1.20. The van der Waals surface area contributed by atoms with Crippen LogP contribution in [0.25, 0.3) is 0 Å². The molecule has 1 atom stereocenters. The van der Waals surface area contributed by atoms with E-state index in [2.05, 4.69) is 5.32 Å². The van der Waals surface area contributed by atoms with Gasteiger partial charge in [-0.2, -0.15) is 0 Å². The van der Waals surface area contributed by atoms with Gasteiger partial charge in [0, 0.05) is 6.54 Å². The molecule has 0 heterocycles. The van der Waals surface area contributed by atoms with E-state index in [-0.39, 0.29) is 22.5 Å². The molecule has 0 bridgehead atoms. The first-order chi connectivity index (χ1) is 8.95. The van der Waals surface area contributed by atoms with Gasteiger partial charge in [0.1, 0.15) is 5.82 Å². The zero-order valence-electron chi connectivity index (χ0n) is 10.6. The highest BCUT2D eigenvalue weighted by atomic mass is 35.5. The Bertz CT molecular complexity index is 482. The van der Waals surface area contributed by atoms with E-state index in [1.807, 2.05) is 6.92 Å². The highest BCUT2D eigenvalue weighted by molar-refractivity contribution is 7.80. The molecule has 3 nitrogen and oxygen atoms in total. The summed E-state index contributed by atoms with van der Waals surface area (Å²) in [6.07, 6.45) is 1.43. The summed E-state index contributed by atoms with van der Waals surface area (Å²) in [6.45, 7) is 2.22. The van der Waals surface area contributed by atoms with Crippen LogP contribution < -0.4 is 11.1 Å². The van der Waals surface area contributed by atoms with Crippen LogP contribution in [-0.4, -0.2) is 10.9 Å². The molecule has 1 amide bonds. The van der Waals surface area contributed by atoms with Crippen molar-refractivity contribution in [1.82, 2.24) is 5.32 Å². The molecule has 0 radical (unpaired) electrons. The van der Waals surface area contributed by atoms with Crippen LogP contribution in [0.5, 0.6) is 0 Å². The molecule has 1 unspecified atom stereocenters. The lowest BCUT2D eigenvalue weighted by atomic mass is 10.0. The van der Waals surface area contributed by atoms with Crippen molar-refractivity contribution in [3.05, 3.63) is 34.6 Å². The van der Waals surface area contributed by atoms with Gasteiger partial charge in [-0.05, 0) is 24.1 Å². The first-order valence-corrected chi connectivity index (χ1v) is 6.75. The zero-order chi connectivity index (χ0) is 14.4. The van der Waals surface area contributed by atoms with Crippen molar-refractivity contribution < 1.29 is 9.18 Å². The number of thiocarbonyl (C=S) groups is 1. The minimum Gasteiger partial charge on any atom is -0.393 e. The summed E-state index contributed by atoms with van der Waals surface area (Å²) in [7, 11) is 0. The van der Waals surface area contributed by atoms with Crippen molar-refractivity contribution in [2.45, 2.75) is 26.3 Å². The molecule has 0 saturated carbocycles. The summed E-state index contributed by atoms with van der Waals surface area (Å²) in [5.41, 5.74) is 6.26. The third-order valence-corrected chi connectivity index (χ3v) is 3.26. The summed E-state index contributed by atoms with van der Waals surface area (Å²) < 4.78 is 13.0. The molecule has 19 heavy (non-hydrogen) atoms. The fraction of sp³-hybridized carbons (Fsp3) is 0.385. The second-order valence-corrected chi connectivity index (χ2v) is 5.09. The molecule has 104 valence electrons. The average Bonchev–Trinajstić information content (AvgIpc) is 2.36. The Morgan fingerprint density at radius 3 is 2.79 bits per heavy atom. The van der Waals surface area contributed by atoms with E-state index < -0.39 is 11.7 Å². The molecule has 1 rings (SSSR count). The number of hydrogen-bond donors (Lipinski definition) is 2. The Labute approximate surface area is 122 Å². The molecule has 0 spiro atoms. The summed E-state index contributed by atoms with van der Waals surface area (Å²) in [5, 5.41) is 2.76. The standard InChI is InChI=1S/C13H16ClFN2OS/c1-2-3-9(12(16)19)13(18)17-7-8-4-5-11(15)10(14)6-8/h4-6,9H,2-3,7H2,1H3,(H2,16,19)(H,17,18). The SMILES string of the molecule is CCCC(C(=O)NCc1ccc(F)c(Cl)c1)C(N)=S. The van der Waals surface area contributed by atoms with E-state index in [4.69, 9.17) is 29.6 Å². The fourth-order valence-electron chi connectivity index (χ4n) is 1.65. The van der Waals surface area contributed by atoms with Crippen molar-refractivity contribution in [3.8, 4) is 0 Å². The van der Waals surface area contributed by atoms with Gasteiger partial charge >= 0.3 is 0 Å². The maximum atomic E-state index is 13.0. The van der Waals surface area contributed by atoms with Crippen LogP contribution >= 0.6 is 23.8 Å². The van der Waals surface area contributed by atoms with Gasteiger partial charge in [0.05, 0.1) is 15.9 Å². The van der Waals surface area contributed by atoms with Crippen LogP contribution in [0.3, 0.4) is 0 Å². The van der Waals surface area contributed by atoms with Gasteiger partial charge in [-0.15, -0.1) is 0 Å². The molecule has 3 N–H and O–H groups in total. The number of nitrogens with one attached hydrogen (secondary N) is 1. The predicted octanol–water partition coefficient (Wildman–Crippen LogP) is 2.80. The number of benzene rings is 1. The third-order valence-electron chi connectivity index (χ3n) is 2.69. The van der Waals surface area contributed by atoms with E-state index in [0.29, 0.717) is 6.42 Å². The maximum Gasteiger partial charge on any atom is 0.230 e. The quantitative estimate of drug-likeness (QED) is 0.795. The van der Waals surface area contributed by atoms with Crippen LogP contribution in [0.2, 0.25) is 5.02 Å². The van der Waals surface area contributed by atoms with E-state index in [1.165, 1.54) is 12.1 Å². The lowest BCUT2D eigenvalue weighted by Gasteiger charge is -2.14. The van der Waals surface area contributed by atoms with Crippen LogP contribution in [-0.2, 0) is 11.3 Å². The van der Waals surface area contributed by atoms with E-state index in [0.717, 1.165) is 12.0 Å². The van der Waals surface area contributed by atoms with Gasteiger partial charge in [0.15, 0.2) is 0 Å². The summed E-state index contributed by atoms with van der Waals surface area (Å²) in [4.78, 5) is 12.1. The normalized spacial score (nSPS) is 11.9. The fourth-order valence-corrected chi connectivity index (χ4v) is 2.08. The van der Waals surface area contributed by atoms with Gasteiger partial charge in [-0.25, -0.2) is 4.39 Å². The van der Waals surface area contributed by atoms with E-state index >= 15 is 0 Å². The lowest BCUT2D eigenvalue weighted by molar-refractivity contribution is -0.123. The number of nitrogens with two attached hydrogens (primary N) is 1. The second-order valence-electron chi connectivity index (χ2n) is 4.21. The molecule has 0 aliphatic carbocycles. The Morgan fingerprint density at radius 2 is 2.26 bits per heavy atom. The highest BCUT2D eigenvalue weighted by Crippen LogP contribution is 2.16. The molecular formula is C13H16ClFN2OS. The molecule has 0 fully saturated rings. The zero-order valence-corrected chi connectivity index (χ0v) is 12.2. The number of halogens is 2. The highest BCUT2D eigenvalue weighted by Gasteiger charge is 2.19. The van der Waals surface area contributed by atoms with Crippen molar-refractivity contribution in [1.29, 1.82) is 0 Å². The smallest absolute Gasteiger partial charge is 0.230 e. The number of carbonyl (C=O) groups is 1. The van der Waals surface area contributed by atoms with Crippen LogP contribution in [0, 0.1) is 11.7 Å². The van der Waals surface area contributed by atoms with Gasteiger partial charge in [-0.3, -0.25) is 4.79 Å². The summed E-state index contributed by atoms with van der Waals surface area (Å²) >= 11 is 10.5. The minimum absolute atomic E-state index is 0.0335. The number of carbonyl (C=O) groups excluding carboxylic acids is 1. The average molecular weight is 303 g/mol. The summed E-state index contributed by atoms with van der Waals surface area (Å²) in [5.74, 6) is -1.16. The Morgan fingerprint density at radius 1 is 1.58 bits per heavy atom. The molecule has 1 aromatic carbocycles. The maximum absolute atomic E-state index is 13.0. The summed E-state index contributed by atoms with van der Waals surface area (Å²) in [6, 6.07) is 4.31. The Balaban J connectivity index is 2.62. The molecule has 0 aliphatic heterocycles. The minimum atomic E-state index is -0.483. The van der Waals surface area contributed by atoms with E-state index in [9.17, 15) is 9.18 Å². The number of rotatable bonds is 6. The van der Waals surface area contributed by atoms with Gasteiger partial charge in [-0.1, -0.05) is 43.2 Å². The van der Waals surface area contributed by atoms with Crippen LogP contribution in [0.1, 0.15) is 25.3 Å². The second kappa shape index (κ2) is 7.40. The molecule has 1 aromatic rings. The van der Waals surface area contributed by atoms with Gasteiger partial charge < -0.3 is 11.1 Å². The molecular weight excluding hydrogens is 287 g/mol. The molecule has 0 saturated heterocycles. The van der Waals surface area contributed by atoms with Crippen molar-refractivity contribution >= 4 is 34.7 Å². The van der Waals surface area contributed by atoms with Gasteiger partial charge in [0.2, 0.25) is 5.91 Å². The van der Waals surface area contributed by atoms with Crippen molar-refractivity contribution in [3.63, 3.8) is 0 Å². The van der Waals surface area contributed by atoms with Crippen LogP contribution in [0.4, 0.5) is 4.39 Å². The number of amides is 1. The lowest BCUT2D eigenvalue weighted by Crippen LogP contribution is -2.37. The molecule has 6 heteroatoms. The number of hydrogen-bond acceptors (Lipinski definition) is 2. The largest absolute Gasteiger partial charge is 0.393 e.